The molecule has 12 heteroatoms. The van der Waals surface area contributed by atoms with E-state index in [9.17, 15) is 21.6 Å². The van der Waals surface area contributed by atoms with Gasteiger partial charge in [-0.3, -0.25) is 0 Å². The molecule has 2 aromatic heterocycles. The lowest BCUT2D eigenvalue weighted by Crippen LogP contribution is -2.49. The van der Waals surface area contributed by atoms with Crippen LogP contribution in [0.5, 0.6) is 0 Å². The van der Waals surface area contributed by atoms with E-state index < -0.39 is 16.6 Å². The van der Waals surface area contributed by atoms with Crippen LogP contribution in [0.25, 0.3) is 11.3 Å². The quantitative estimate of drug-likeness (QED) is 0.592. The third-order valence-corrected chi connectivity index (χ3v) is 7.16. The first-order valence-electron chi connectivity index (χ1n) is 9.42. The Morgan fingerprint density at radius 1 is 1.03 bits per heavy atom. The van der Waals surface area contributed by atoms with Crippen LogP contribution in [0.3, 0.4) is 0 Å². The molecule has 0 unspecified atom stereocenters. The number of halogens is 3. The molecular formula is C19H19F3N6O2S. The van der Waals surface area contributed by atoms with Crippen LogP contribution >= 0.6 is 0 Å². The third-order valence-electron chi connectivity index (χ3n) is 5.16. The summed E-state index contributed by atoms with van der Waals surface area (Å²) in [6.07, 6.45) is 2.36. The van der Waals surface area contributed by atoms with Gasteiger partial charge in [-0.25, -0.2) is 27.5 Å². The first-order chi connectivity index (χ1) is 14.8. The molecule has 1 fully saturated rings. The second-order valence-electron chi connectivity index (χ2n) is 6.98. The third kappa shape index (κ3) is 4.12. The summed E-state index contributed by atoms with van der Waals surface area (Å²) in [6.45, 7) is -0.550. The highest BCUT2D eigenvalue weighted by Crippen LogP contribution is 2.26. The Hall–Kier alpha value is -2.99. The molecule has 0 aliphatic carbocycles. The molecule has 8 nitrogen and oxygen atoms in total. The zero-order valence-electron chi connectivity index (χ0n) is 16.5. The van der Waals surface area contributed by atoms with Crippen LogP contribution in [0.15, 0.2) is 47.8 Å². The fraction of sp³-hybridized carbons (Fsp3) is 0.316. The molecule has 1 aromatic carbocycles. The highest BCUT2D eigenvalue weighted by atomic mass is 32.2. The Balaban J connectivity index is 1.49. The minimum absolute atomic E-state index is 0.0998. The van der Waals surface area contributed by atoms with E-state index in [-0.39, 0.29) is 29.5 Å². The molecule has 0 amide bonds. The van der Waals surface area contributed by atoms with Crippen LogP contribution in [0, 0.1) is 12.7 Å². The molecule has 0 radical (unpaired) electrons. The van der Waals surface area contributed by atoms with Gasteiger partial charge in [-0.05, 0) is 31.2 Å². The van der Waals surface area contributed by atoms with Gasteiger partial charge in [0, 0.05) is 37.8 Å². The summed E-state index contributed by atoms with van der Waals surface area (Å²) < 4.78 is 66.5. The molecule has 3 aromatic rings. The van der Waals surface area contributed by atoms with Crippen molar-refractivity contribution in [1.29, 1.82) is 0 Å². The first-order valence-corrected chi connectivity index (χ1v) is 10.9. The van der Waals surface area contributed by atoms with Crippen molar-refractivity contribution in [3.05, 3.63) is 54.4 Å². The smallest absolute Gasteiger partial charge is 0.333 e. The summed E-state index contributed by atoms with van der Waals surface area (Å²) in [6, 6.07) is 7.69. The minimum atomic E-state index is -3.94. The molecule has 164 valence electrons. The van der Waals surface area contributed by atoms with Crippen molar-refractivity contribution in [2.75, 3.05) is 31.1 Å². The molecule has 0 spiro atoms. The molecule has 4 rings (SSSR count). The van der Waals surface area contributed by atoms with Crippen LogP contribution in [0.1, 0.15) is 12.2 Å². The zero-order chi connectivity index (χ0) is 22.2. The van der Waals surface area contributed by atoms with Crippen molar-refractivity contribution in [3.63, 3.8) is 0 Å². The standard InChI is InChI=1S/C19H19F3N6O2S/c1-13-17(11-25-28(13)19(21)22)31(29,30)27-8-6-26(7-9-27)18-10-16(23-12-24-18)14-2-4-15(20)5-3-14/h2-5,10-12,19H,6-9H2,1H3. The lowest BCUT2D eigenvalue weighted by atomic mass is 10.1. The maximum Gasteiger partial charge on any atom is 0.333 e. The Morgan fingerprint density at radius 2 is 1.71 bits per heavy atom. The van der Waals surface area contributed by atoms with Crippen molar-refractivity contribution in [2.24, 2.45) is 0 Å². The van der Waals surface area contributed by atoms with Gasteiger partial charge in [-0.2, -0.15) is 18.2 Å². The monoisotopic (exact) mass is 452 g/mol. The minimum Gasteiger partial charge on any atom is -0.354 e. The second-order valence-corrected chi connectivity index (χ2v) is 8.88. The Morgan fingerprint density at radius 3 is 2.32 bits per heavy atom. The number of aromatic nitrogens is 4. The van der Waals surface area contributed by atoms with Crippen LogP contribution in [-0.4, -0.2) is 58.7 Å². The van der Waals surface area contributed by atoms with E-state index in [1.54, 1.807) is 18.2 Å². The average molecular weight is 452 g/mol. The molecule has 31 heavy (non-hydrogen) atoms. The molecule has 0 atom stereocenters. The number of piperazine rings is 1. The summed E-state index contributed by atoms with van der Waals surface area (Å²) in [5, 5.41) is 3.49. The maximum absolute atomic E-state index is 13.2. The van der Waals surface area contributed by atoms with E-state index in [1.807, 2.05) is 4.90 Å². The molecule has 1 aliphatic rings. The predicted octanol–water partition coefficient (Wildman–Crippen LogP) is 2.69. The molecule has 0 bridgehead atoms. The number of anilines is 1. The number of rotatable bonds is 5. The summed E-state index contributed by atoms with van der Waals surface area (Å²) in [4.78, 5) is 10.2. The lowest BCUT2D eigenvalue weighted by Gasteiger charge is -2.34. The van der Waals surface area contributed by atoms with E-state index in [1.165, 1.54) is 29.7 Å². The molecular weight excluding hydrogens is 433 g/mol. The van der Waals surface area contributed by atoms with E-state index in [2.05, 4.69) is 15.1 Å². The largest absolute Gasteiger partial charge is 0.354 e. The Bertz CT molecular complexity index is 1180. The average Bonchev–Trinajstić information content (AvgIpc) is 3.17. The molecule has 1 saturated heterocycles. The summed E-state index contributed by atoms with van der Waals surface area (Å²) in [5.74, 6) is 0.276. The number of benzene rings is 1. The summed E-state index contributed by atoms with van der Waals surface area (Å²) >= 11 is 0. The Labute approximate surface area is 177 Å². The van der Waals surface area contributed by atoms with Crippen LogP contribution in [0.2, 0.25) is 0 Å². The number of alkyl halides is 2. The fourth-order valence-corrected chi connectivity index (χ4v) is 5.02. The van der Waals surface area contributed by atoms with Crippen molar-refractivity contribution >= 4 is 15.8 Å². The van der Waals surface area contributed by atoms with Gasteiger partial charge in [0.15, 0.2) is 0 Å². The summed E-state index contributed by atoms with van der Waals surface area (Å²) in [7, 11) is -3.94. The maximum atomic E-state index is 13.2. The number of hydrogen-bond donors (Lipinski definition) is 0. The van der Waals surface area contributed by atoms with Gasteiger partial charge in [-0.15, -0.1) is 0 Å². The highest BCUT2D eigenvalue weighted by molar-refractivity contribution is 7.89. The summed E-state index contributed by atoms with van der Waals surface area (Å²) in [5.41, 5.74) is 1.25. The second kappa shape index (κ2) is 8.27. The van der Waals surface area contributed by atoms with Gasteiger partial charge in [0.2, 0.25) is 10.0 Å². The Kier molecular flexibility index (Phi) is 5.67. The van der Waals surface area contributed by atoms with Crippen molar-refractivity contribution in [3.8, 4) is 11.3 Å². The van der Waals surface area contributed by atoms with E-state index >= 15 is 0 Å². The fourth-order valence-electron chi connectivity index (χ4n) is 3.45. The topological polar surface area (TPSA) is 84.2 Å². The first kappa shape index (κ1) is 21.2. The van der Waals surface area contributed by atoms with E-state index in [0.29, 0.717) is 29.3 Å². The predicted molar refractivity (Wildman–Crippen MR) is 107 cm³/mol. The SMILES string of the molecule is Cc1c(S(=O)(=O)N2CCN(c3cc(-c4ccc(F)cc4)ncn3)CC2)cnn1C(F)F. The molecule has 3 heterocycles. The van der Waals surface area contributed by atoms with E-state index in [0.717, 1.165) is 11.8 Å². The number of nitrogens with zero attached hydrogens (tertiary/aromatic N) is 6. The van der Waals surface area contributed by atoms with E-state index in [4.69, 9.17) is 0 Å². The molecule has 0 saturated carbocycles. The number of hydrogen-bond acceptors (Lipinski definition) is 6. The number of sulfonamides is 1. The zero-order valence-corrected chi connectivity index (χ0v) is 17.3. The van der Waals surface area contributed by atoms with Crippen molar-refractivity contribution in [2.45, 2.75) is 18.4 Å². The van der Waals surface area contributed by atoms with Gasteiger partial charge in [0.1, 0.15) is 22.9 Å². The highest BCUT2D eigenvalue weighted by Gasteiger charge is 2.32. The molecule has 0 N–H and O–H groups in total. The molecule has 1 aliphatic heterocycles. The van der Waals surface area contributed by atoms with Gasteiger partial charge < -0.3 is 4.90 Å². The van der Waals surface area contributed by atoms with Gasteiger partial charge >= 0.3 is 6.55 Å². The normalized spacial score (nSPS) is 15.6. The van der Waals surface area contributed by atoms with Gasteiger partial charge in [-0.1, -0.05) is 0 Å². The van der Waals surface area contributed by atoms with Gasteiger partial charge in [0.25, 0.3) is 0 Å². The van der Waals surface area contributed by atoms with Gasteiger partial charge in [0.05, 0.1) is 17.6 Å². The van der Waals surface area contributed by atoms with Crippen molar-refractivity contribution < 1.29 is 21.6 Å². The van der Waals surface area contributed by atoms with Crippen LogP contribution in [-0.2, 0) is 10.0 Å². The van der Waals surface area contributed by atoms with Crippen LogP contribution < -0.4 is 4.90 Å². The lowest BCUT2D eigenvalue weighted by molar-refractivity contribution is 0.0541. The van der Waals surface area contributed by atoms with Crippen LogP contribution in [0.4, 0.5) is 19.0 Å². The van der Waals surface area contributed by atoms with Crippen molar-refractivity contribution in [1.82, 2.24) is 24.1 Å².